The van der Waals surface area contributed by atoms with Gasteiger partial charge in [0, 0.05) is 30.4 Å². The quantitative estimate of drug-likeness (QED) is 0.899. The minimum Gasteiger partial charge on any atom is -0.379 e. The summed E-state index contributed by atoms with van der Waals surface area (Å²) in [5.74, 6) is -0.261. The van der Waals surface area contributed by atoms with Gasteiger partial charge in [-0.3, -0.25) is 9.88 Å². The van der Waals surface area contributed by atoms with E-state index in [1.165, 1.54) is 6.20 Å². The van der Waals surface area contributed by atoms with Crippen LogP contribution in [-0.2, 0) is 4.74 Å². The summed E-state index contributed by atoms with van der Waals surface area (Å²) in [5.41, 5.74) is 0.467. The predicted octanol–water partition coefficient (Wildman–Crippen LogP) is 1.59. The van der Waals surface area contributed by atoms with Crippen molar-refractivity contribution in [2.24, 2.45) is 0 Å². The summed E-state index contributed by atoms with van der Waals surface area (Å²) in [4.78, 5) is 6.16. The van der Waals surface area contributed by atoms with Crippen LogP contribution in [0.15, 0.2) is 18.5 Å². The van der Waals surface area contributed by atoms with Crippen molar-refractivity contribution < 1.29 is 9.13 Å². The monoisotopic (exact) mass is 267 g/mol. The molecule has 0 bridgehead atoms. The molecule has 1 N–H and O–H groups in total. The Kier molecular flexibility index (Phi) is 4.50. The van der Waals surface area contributed by atoms with Crippen molar-refractivity contribution >= 4 is 0 Å². The van der Waals surface area contributed by atoms with Gasteiger partial charge in [0.15, 0.2) is 0 Å². The molecule has 1 saturated heterocycles. The lowest BCUT2D eigenvalue weighted by Gasteiger charge is -2.45. The summed E-state index contributed by atoms with van der Waals surface area (Å²) >= 11 is 0. The van der Waals surface area contributed by atoms with E-state index in [2.05, 4.69) is 29.0 Å². The smallest absolute Gasteiger partial charge is 0.146 e. The predicted molar refractivity (Wildman–Crippen MR) is 72.5 cm³/mol. The first-order valence-electron chi connectivity index (χ1n) is 6.67. The van der Waals surface area contributed by atoms with E-state index < -0.39 is 0 Å². The number of likely N-dealkylation sites (N-methyl/N-ethyl adjacent to an activating group) is 1. The maximum Gasteiger partial charge on any atom is 0.146 e. The summed E-state index contributed by atoms with van der Waals surface area (Å²) in [6, 6.07) is 1.66. The molecule has 0 aliphatic carbocycles. The van der Waals surface area contributed by atoms with Crippen molar-refractivity contribution in [1.82, 2.24) is 15.2 Å². The lowest BCUT2D eigenvalue weighted by atomic mass is 9.86. The van der Waals surface area contributed by atoms with E-state index in [9.17, 15) is 4.39 Å². The molecule has 4 nitrogen and oxygen atoms in total. The number of morpholine rings is 1. The van der Waals surface area contributed by atoms with Crippen molar-refractivity contribution in [2.75, 3.05) is 33.4 Å². The van der Waals surface area contributed by atoms with Gasteiger partial charge in [-0.05, 0) is 27.0 Å². The van der Waals surface area contributed by atoms with Gasteiger partial charge >= 0.3 is 0 Å². The molecule has 0 radical (unpaired) electrons. The van der Waals surface area contributed by atoms with Crippen LogP contribution >= 0.6 is 0 Å². The van der Waals surface area contributed by atoms with Crippen LogP contribution < -0.4 is 5.32 Å². The molecule has 1 atom stereocenters. The van der Waals surface area contributed by atoms with E-state index >= 15 is 0 Å². The number of hydrogen-bond acceptors (Lipinski definition) is 4. The normalized spacial score (nSPS) is 19.4. The van der Waals surface area contributed by atoms with Gasteiger partial charge in [0.2, 0.25) is 0 Å². The zero-order chi connectivity index (χ0) is 13.9. The van der Waals surface area contributed by atoms with Crippen molar-refractivity contribution in [3.8, 4) is 0 Å². The van der Waals surface area contributed by atoms with E-state index in [-0.39, 0.29) is 17.4 Å². The summed E-state index contributed by atoms with van der Waals surface area (Å²) in [5, 5.41) is 3.25. The minimum atomic E-state index is -0.261. The van der Waals surface area contributed by atoms with Crippen LogP contribution in [0.5, 0.6) is 0 Å². The molecule has 19 heavy (non-hydrogen) atoms. The Morgan fingerprint density at radius 3 is 2.68 bits per heavy atom. The average molecular weight is 267 g/mol. The Labute approximate surface area is 114 Å². The third-order valence-corrected chi connectivity index (χ3v) is 3.94. The molecule has 1 aromatic heterocycles. The first kappa shape index (κ1) is 14.4. The second kappa shape index (κ2) is 5.94. The second-order valence-electron chi connectivity index (χ2n) is 5.37. The summed E-state index contributed by atoms with van der Waals surface area (Å²) < 4.78 is 19.4. The Morgan fingerprint density at radius 1 is 1.42 bits per heavy atom. The molecular formula is C14H22FN3O. The van der Waals surface area contributed by atoms with Crippen LogP contribution in [0.4, 0.5) is 4.39 Å². The molecular weight excluding hydrogens is 245 g/mol. The van der Waals surface area contributed by atoms with Crippen LogP contribution in [0.25, 0.3) is 0 Å². The molecule has 1 aromatic rings. The zero-order valence-corrected chi connectivity index (χ0v) is 11.8. The number of hydrogen-bond donors (Lipinski definition) is 1. The summed E-state index contributed by atoms with van der Waals surface area (Å²) in [7, 11) is 1.87. The van der Waals surface area contributed by atoms with E-state index in [1.54, 1.807) is 12.3 Å². The van der Waals surface area contributed by atoms with Crippen molar-refractivity contribution in [3.05, 3.63) is 29.8 Å². The van der Waals surface area contributed by atoms with Gasteiger partial charge in [-0.15, -0.1) is 0 Å². The number of aromatic nitrogens is 1. The summed E-state index contributed by atoms with van der Waals surface area (Å²) in [6.45, 7) is 7.49. The van der Waals surface area contributed by atoms with E-state index in [0.29, 0.717) is 5.56 Å². The Hall–Kier alpha value is -1.04. The summed E-state index contributed by atoms with van der Waals surface area (Å²) in [6.07, 6.45) is 2.91. The van der Waals surface area contributed by atoms with Crippen LogP contribution in [0.3, 0.4) is 0 Å². The highest BCUT2D eigenvalue weighted by atomic mass is 19.1. The topological polar surface area (TPSA) is 37.4 Å². The molecule has 0 amide bonds. The van der Waals surface area contributed by atoms with Crippen LogP contribution in [0.2, 0.25) is 0 Å². The largest absolute Gasteiger partial charge is 0.379 e. The van der Waals surface area contributed by atoms with Gasteiger partial charge in [-0.2, -0.15) is 0 Å². The third-order valence-electron chi connectivity index (χ3n) is 3.94. The molecule has 5 heteroatoms. The SMILES string of the molecule is CNC(c1ccncc1F)C(C)(C)N1CCOCC1. The number of ether oxygens (including phenoxy) is 1. The highest BCUT2D eigenvalue weighted by Gasteiger charge is 2.37. The van der Waals surface area contributed by atoms with E-state index in [0.717, 1.165) is 26.3 Å². The lowest BCUT2D eigenvalue weighted by Crippen LogP contribution is -2.55. The van der Waals surface area contributed by atoms with Gasteiger partial charge < -0.3 is 10.1 Å². The molecule has 1 unspecified atom stereocenters. The fraction of sp³-hybridized carbons (Fsp3) is 0.643. The molecule has 2 rings (SSSR count). The molecule has 2 heterocycles. The van der Waals surface area contributed by atoms with Gasteiger partial charge in [-0.1, -0.05) is 0 Å². The first-order valence-corrected chi connectivity index (χ1v) is 6.67. The fourth-order valence-electron chi connectivity index (χ4n) is 2.83. The Balaban J connectivity index is 2.27. The molecule has 0 saturated carbocycles. The second-order valence-corrected chi connectivity index (χ2v) is 5.37. The molecule has 1 fully saturated rings. The highest BCUT2D eigenvalue weighted by molar-refractivity contribution is 5.21. The fourth-order valence-corrected chi connectivity index (χ4v) is 2.83. The van der Waals surface area contributed by atoms with E-state index in [4.69, 9.17) is 4.74 Å². The number of halogens is 1. The molecule has 0 spiro atoms. The van der Waals surface area contributed by atoms with Crippen molar-refractivity contribution in [3.63, 3.8) is 0 Å². The molecule has 1 aliphatic heterocycles. The average Bonchev–Trinajstić information content (AvgIpc) is 2.42. The number of pyridine rings is 1. The van der Waals surface area contributed by atoms with Gasteiger partial charge in [0.25, 0.3) is 0 Å². The lowest BCUT2D eigenvalue weighted by molar-refractivity contribution is -0.0233. The van der Waals surface area contributed by atoms with Gasteiger partial charge in [-0.25, -0.2) is 4.39 Å². The first-order chi connectivity index (χ1) is 9.07. The van der Waals surface area contributed by atoms with Crippen LogP contribution in [0.1, 0.15) is 25.5 Å². The van der Waals surface area contributed by atoms with Gasteiger partial charge in [0.1, 0.15) is 5.82 Å². The van der Waals surface area contributed by atoms with Crippen LogP contribution in [0, 0.1) is 5.82 Å². The standard InChI is InChI=1S/C14H22FN3O/c1-14(2,18-6-8-19-9-7-18)13(16-3)11-4-5-17-10-12(11)15/h4-5,10,13,16H,6-9H2,1-3H3. The zero-order valence-electron chi connectivity index (χ0n) is 11.8. The maximum atomic E-state index is 14.0. The highest BCUT2D eigenvalue weighted by Crippen LogP contribution is 2.32. The molecule has 1 aliphatic rings. The van der Waals surface area contributed by atoms with Crippen molar-refractivity contribution in [1.29, 1.82) is 0 Å². The minimum absolute atomic E-state index is 0.0893. The number of rotatable bonds is 4. The number of nitrogens with one attached hydrogen (secondary N) is 1. The third kappa shape index (κ3) is 2.94. The Morgan fingerprint density at radius 2 is 2.11 bits per heavy atom. The number of nitrogens with zero attached hydrogens (tertiary/aromatic N) is 2. The van der Waals surface area contributed by atoms with Crippen LogP contribution in [-0.4, -0.2) is 48.8 Å². The maximum absolute atomic E-state index is 14.0. The van der Waals surface area contributed by atoms with E-state index in [1.807, 2.05) is 7.05 Å². The van der Waals surface area contributed by atoms with Gasteiger partial charge in [0.05, 0.1) is 25.5 Å². The molecule has 0 aromatic carbocycles. The Bertz CT molecular complexity index is 419. The molecule has 106 valence electrons. The van der Waals surface area contributed by atoms with Crippen molar-refractivity contribution in [2.45, 2.75) is 25.4 Å².